The van der Waals surface area contributed by atoms with Gasteiger partial charge in [-0.1, -0.05) is 0 Å². The topological polar surface area (TPSA) is 23.5 Å². The maximum Gasteiger partial charge on any atom is 0.248 e. The van der Waals surface area contributed by atoms with E-state index >= 15 is 0 Å². The number of aliphatic hydroxyl groups excluding tert-OH is 1. The summed E-state index contributed by atoms with van der Waals surface area (Å²) in [7, 11) is 0. The van der Waals surface area contributed by atoms with E-state index in [0.29, 0.717) is 24.8 Å². The summed E-state index contributed by atoms with van der Waals surface area (Å²) in [5.74, 6) is -1.21. The number of likely N-dealkylation sites (tertiary alicyclic amines) is 1. The molecule has 2 aliphatic carbocycles. The summed E-state index contributed by atoms with van der Waals surface area (Å²) in [6.07, 6.45) is 5.67. The van der Waals surface area contributed by atoms with Crippen LogP contribution in [0.1, 0.15) is 51.4 Å². The predicted octanol–water partition coefficient (Wildman–Crippen LogP) is 3.05. The fourth-order valence-corrected chi connectivity index (χ4v) is 3.84. The van der Waals surface area contributed by atoms with Crippen molar-refractivity contribution in [3.63, 3.8) is 0 Å². The fraction of sp³-hybridized carbons (Fsp3) is 1.00. The van der Waals surface area contributed by atoms with Gasteiger partial charge in [-0.15, -0.1) is 0 Å². The molecule has 1 heterocycles. The molecule has 2 nitrogen and oxygen atoms in total. The van der Waals surface area contributed by atoms with Crippen molar-refractivity contribution in [3.8, 4) is 0 Å². The Morgan fingerprint density at radius 3 is 2.37 bits per heavy atom. The third-order valence-electron chi connectivity index (χ3n) is 5.23. The van der Waals surface area contributed by atoms with Crippen LogP contribution in [0.15, 0.2) is 0 Å². The van der Waals surface area contributed by atoms with Crippen LogP contribution in [0.25, 0.3) is 0 Å². The summed E-state index contributed by atoms with van der Waals surface area (Å²) < 4.78 is 26.4. The number of halogens is 2. The lowest BCUT2D eigenvalue weighted by atomic mass is 9.85. The second kappa shape index (κ2) is 5.28. The van der Waals surface area contributed by atoms with Crippen molar-refractivity contribution in [1.29, 1.82) is 0 Å². The molecule has 3 aliphatic rings. The van der Waals surface area contributed by atoms with Crippen molar-refractivity contribution in [3.05, 3.63) is 0 Å². The molecule has 110 valence electrons. The Hall–Kier alpha value is -0.220. The van der Waals surface area contributed by atoms with Crippen LogP contribution in [0, 0.1) is 11.8 Å². The smallest absolute Gasteiger partial charge is 0.248 e. The Balaban J connectivity index is 1.53. The van der Waals surface area contributed by atoms with Gasteiger partial charge in [-0.3, -0.25) is 4.90 Å². The second-order valence-electron chi connectivity index (χ2n) is 6.88. The highest BCUT2D eigenvalue weighted by Gasteiger charge is 2.41. The van der Waals surface area contributed by atoms with Crippen molar-refractivity contribution in [2.24, 2.45) is 11.8 Å². The SMILES string of the molecule is O[C@H]1CCN(CC2CCC(F)(F)CC2)[C@@H](C2CC2)C1. The molecular weight excluding hydrogens is 248 g/mol. The first kappa shape index (κ1) is 13.7. The van der Waals surface area contributed by atoms with Crippen LogP contribution in [-0.4, -0.2) is 41.2 Å². The van der Waals surface area contributed by atoms with Gasteiger partial charge in [0, 0.05) is 32.0 Å². The fourth-order valence-electron chi connectivity index (χ4n) is 3.84. The van der Waals surface area contributed by atoms with Gasteiger partial charge in [-0.2, -0.15) is 0 Å². The summed E-state index contributed by atoms with van der Waals surface area (Å²) in [5.41, 5.74) is 0. The van der Waals surface area contributed by atoms with Crippen LogP contribution in [0.2, 0.25) is 0 Å². The summed E-state index contributed by atoms with van der Waals surface area (Å²) >= 11 is 0. The van der Waals surface area contributed by atoms with Gasteiger partial charge in [0.05, 0.1) is 6.10 Å². The van der Waals surface area contributed by atoms with Gasteiger partial charge in [0.15, 0.2) is 0 Å². The number of aliphatic hydroxyl groups is 1. The maximum atomic E-state index is 13.2. The van der Waals surface area contributed by atoms with Crippen molar-refractivity contribution in [1.82, 2.24) is 4.90 Å². The predicted molar refractivity (Wildman–Crippen MR) is 70.2 cm³/mol. The van der Waals surface area contributed by atoms with Crippen LogP contribution in [0.3, 0.4) is 0 Å². The van der Waals surface area contributed by atoms with Gasteiger partial charge in [0.2, 0.25) is 5.92 Å². The van der Waals surface area contributed by atoms with Crippen LogP contribution in [-0.2, 0) is 0 Å². The molecule has 0 aromatic carbocycles. The molecule has 19 heavy (non-hydrogen) atoms. The molecule has 1 aliphatic heterocycles. The molecule has 1 saturated heterocycles. The number of hydrogen-bond acceptors (Lipinski definition) is 2. The van der Waals surface area contributed by atoms with E-state index in [1.54, 1.807) is 0 Å². The van der Waals surface area contributed by atoms with E-state index in [1.165, 1.54) is 12.8 Å². The highest BCUT2D eigenvalue weighted by Crippen LogP contribution is 2.41. The highest BCUT2D eigenvalue weighted by atomic mass is 19.3. The molecule has 2 atom stereocenters. The minimum atomic E-state index is -2.41. The van der Waals surface area contributed by atoms with E-state index in [4.69, 9.17) is 0 Å². The normalized spacial score (nSPS) is 37.4. The molecule has 4 heteroatoms. The summed E-state index contributed by atoms with van der Waals surface area (Å²) in [6, 6.07) is 0.520. The lowest BCUT2D eigenvalue weighted by Crippen LogP contribution is -2.48. The van der Waals surface area contributed by atoms with E-state index in [-0.39, 0.29) is 18.9 Å². The molecule has 0 amide bonds. The van der Waals surface area contributed by atoms with Gasteiger partial charge in [0.25, 0.3) is 0 Å². The quantitative estimate of drug-likeness (QED) is 0.854. The Labute approximate surface area is 114 Å². The molecule has 0 spiro atoms. The summed E-state index contributed by atoms with van der Waals surface area (Å²) in [5, 5.41) is 9.82. The largest absolute Gasteiger partial charge is 0.393 e. The molecule has 1 N–H and O–H groups in total. The Kier molecular flexibility index (Phi) is 3.82. The number of alkyl halides is 2. The van der Waals surface area contributed by atoms with Crippen molar-refractivity contribution >= 4 is 0 Å². The Bertz CT molecular complexity index is 309. The van der Waals surface area contributed by atoms with Gasteiger partial charge in [-0.25, -0.2) is 8.78 Å². The highest BCUT2D eigenvalue weighted by molar-refractivity contribution is 4.93. The zero-order chi connectivity index (χ0) is 13.5. The Morgan fingerprint density at radius 1 is 1.05 bits per heavy atom. The lowest BCUT2D eigenvalue weighted by molar-refractivity contribution is -0.0540. The molecule has 3 rings (SSSR count). The summed E-state index contributed by atoms with van der Waals surface area (Å²) in [4.78, 5) is 2.50. The third kappa shape index (κ3) is 3.46. The first-order valence-electron chi connectivity index (χ1n) is 7.83. The van der Waals surface area contributed by atoms with E-state index in [0.717, 1.165) is 31.8 Å². The zero-order valence-electron chi connectivity index (χ0n) is 11.5. The molecule has 0 unspecified atom stereocenters. The molecule has 0 aromatic rings. The second-order valence-corrected chi connectivity index (χ2v) is 6.88. The summed E-state index contributed by atoms with van der Waals surface area (Å²) in [6.45, 7) is 1.93. The Morgan fingerprint density at radius 2 is 1.74 bits per heavy atom. The molecule has 3 fully saturated rings. The van der Waals surface area contributed by atoms with E-state index in [1.807, 2.05) is 0 Å². The molecule has 0 aromatic heterocycles. The van der Waals surface area contributed by atoms with Crippen LogP contribution >= 0.6 is 0 Å². The molecule has 2 saturated carbocycles. The molecule has 0 radical (unpaired) electrons. The number of piperidine rings is 1. The first-order chi connectivity index (χ1) is 9.03. The first-order valence-corrected chi connectivity index (χ1v) is 7.83. The van der Waals surface area contributed by atoms with Gasteiger partial charge in [-0.05, 0) is 50.4 Å². The number of nitrogens with zero attached hydrogens (tertiary/aromatic N) is 1. The van der Waals surface area contributed by atoms with Crippen molar-refractivity contribution < 1.29 is 13.9 Å². The zero-order valence-corrected chi connectivity index (χ0v) is 11.5. The maximum absolute atomic E-state index is 13.2. The van der Waals surface area contributed by atoms with Crippen molar-refractivity contribution in [2.75, 3.05) is 13.1 Å². The average Bonchev–Trinajstić information content (AvgIpc) is 3.18. The minimum absolute atomic E-state index is 0.0717. The standard InChI is InChI=1S/C15H25F2NO/c16-15(17)6-3-11(4-7-15)10-18-8-5-13(19)9-14(18)12-1-2-12/h11-14,19H,1-10H2/t13-,14+/m0/s1. The minimum Gasteiger partial charge on any atom is -0.393 e. The van der Waals surface area contributed by atoms with Gasteiger partial charge >= 0.3 is 0 Å². The van der Waals surface area contributed by atoms with Gasteiger partial charge < -0.3 is 5.11 Å². The number of rotatable bonds is 3. The van der Waals surface area contributed by atoms with E-state index in [2.05, 4.69) is 4.90 Å². The third-order valence-corrected chi connectivity index (χ3v) is 5.23. The van der Waals surface area contributed by atoms with Crippen LogP contribution < -0.4 is 0 Å². The molecule has 0 bridgehead atoms. The monoisotopic (exact) mass is 273 g/mol. The number of hydrogen-bond donors (Lipinski definition) is 1. The van der Waals surface area contributed by atoms with E-state index < -0.39 is 5.92 Å². The average molecular weight is 273 g/mol. The molecular formula is C15H25F2NO. The van der Waals surface area contributed by atoms with Gasteiger partial charge in [0.1, 0.15) is 0 Å². The van der Waals surface area contributed by atoms with Crippen molar-refractivity contribution in [2.45, 2.75) is 69.4 Å². The van der Waals surface area contributed by atoms with Crippen LogP contribution in [0.5, 0.6) is 0 Å². The van der Waals surface area contributed by atoms with Crippen LogP contribution in [0.4, 0.5) is 8.78 Å². The lowest BCUT2D eigenvalue weighted by Gasteiger charge is -2.41. The van der Waals surface area contributed by atoms with E-state index in [9.17, 15) is 13.9 Å².